The maximum atomic E-state index is 2.28. The van der Waals surface area contributed by atoms with Gasteiger partial charge in [-0.05, 0) is 0 Å². The maximum Gasteiger partial charge on any atom is 0.0661 e. The first-order valence-corrected chi connectivity index (χ1v) is 7.41. The third-order valence-electron chi connectivity index (χ3n) is 2.46. The van der Waals surface area contributed by atoms with Crippen molar-refractivity contribution in [2.75, 3.05) is 21.1 Å². The number of nitrogens with one attached hydrogen (secondary N) is 1. The fourth-order valence-corrected chi connectivity index (χ4v) is 1.56. The highest BCUT2D eigenvalue weighted by molar-refractivity contribution is 4.45. The van der Waals surface area contributed by atoms with E-state index >= 15 is 0 Å². The Labute approximate surface area is 110 Å². The highest BCUT2D eigenvalue weighted by Gasteiger charge is 1.90. The summed E-state index contributed by atoms with van der Waals surface area (Å²) in [6.45, 7) is 4.56. The van der Waals surface area contributed by atoms with Crippen molar-refractivity contribution in [3.05, 3.63) is 0 Å². The number of quaternary nitrogens is 1. The molecule has 0 fully saturated rings. The lowest BCUT2D eigenvalue weighted by atomic mass is 10.1. The monoisotopic (exact) mass is 247 g/mol. The largest absolute Gasteiger partial charge is 0.870 e. The van der Waals surface area contributed by atoms with Crippen LogP contribution in [0.4, 0.5) is 0 Å². The fourth-order valence-electron chi connectivity index (χ4n) is 1.56. The lowest BCUT2D eigenvalue weighted by molar-refractivity contribution is -0.836. The Balaban J connectivity index is -0.000000340. The lowest BCUT2D eigenvalue weighted by Crippen LogP contribution is -3.02. The smallest absolute Gasteiger partial charge is 0.0661 e. The van der Waals surface area contributed by atoms with Gasteiger partial charge in [0.05, 0.1) is 21.1 Å². The Morgan fingerprint density at radius 1 is 0.529 bits per heavy atom. The van der Waals surface area contributed by atoms with Crippen molar-refractivity contribution >= 4 is 0 Å². The molecule has 0 saturated heterocycles. The first-order chi connectivity index (χ1) is 7.65. The molecule has 0 aliphatic heterocycles. The summed E-state index contributed by atoms with van der Waals surface area (Å²) in [6, 6.07) is 0. The molecule has 17 heavy (non-hydrogen) atoms. The molecule has 0 aliphatic carbocycles. The zero-order valence-corrected chi connectivity index (χ0v) is 13.0. The van der Waals surface area contributed by atoms with E-state index in [1.807, 2.05) is 0 Å². The first-order valence-electron chi connectivity index (χ1n) is 7.41. The topological polar surface area (TPSA) is 34.4 Å². The van der Waals surface area contributed by atoms with E-state index < -0.39 is 0 Å². The van der Waals surface area contributed by atoms with Gasteiger partial charge in [-0.3, -0.25) is 0 Å². The van der Waals surface area contributed by atoms with Crippen molar-refractivity contribution in [2.24, 2.45) is 0 Å². The molecule has 2 nitrogen and oxygen atoms in total. The summed E-state index contributed by atoms with van der Waals surface area (Å²) in [4.78, 5) is 1.42. The third kappa shape index (κ3) is 38.8. The maximum absolute atomic E-state index is 2.28. The molecule has 0 radical (unpaired) electrons. The van der Waals surface area contributed by atoms with Crippen molar-refractivity contribution < 1.29 is 10.4 Å². The van der Waals surface area contributed by atoms with E-state index in [4.69, 9.17) is 0 Å². The molecule has 0 amide bonds. The lowest BCUT2D eigenvalue weighted by Gasteiger charge is -1.99. The average molecular weight is 247 g/mol. The summed E-state index contributed by atoms with van der Waals surface area (Å²) in [7, 11) is 6.25. The molecule has 0 rings (SSSR count). The average Bonchev–Trinajstić information content (AvgIpc) is 2.21. The van der Waals surface area contributed by atoms with Crippen LogP contribution in [-0.2, 0) is 0 Å². The highest BCUT2D eigenvalue weighted by atomic mass is 16.0. The second kappa shape index (κ2) is 21.2. The molecular weight excluding hydrogens is 210 g/mol. The predicted molar refractivity (Wildman–Crippen MR) is 78.2 cm³/mol. The van der Waals surface area contributed by atoms with E-state index in [9.17, 15) is 0 Å². The van der Waals surface area contributed by atoms with Gasteiger partial charge < -0.3 is 10.4 Å². The minimum absolute atomic E-state index is 0. The zero-order valence-electron chi connectivity index (χ0n) is 13.0. The molecule has 0 saturated carbocycles. The van der Waals surface area contributed by atoms with Gasteiger partial charge in [0, 0.05) is 0 Å². The van der Waals surface area contributed by atoms with Crippen molar-refractivity contribution in [3.63, 3.8) is 0 Å². The molecule has 0 aromatic rings. The molecule has 0 aromatic carbocycles. The molecule has 2 N–H and O–H groups in total. The van der Waals surface area contributed by atoms with Crippen LogP contribution in [0.5, 0.6) is 0 Å². The minimum Gasteiger partial charge on any atom is -0.870 e. The van der Waals surface area contributed by atoms with Crippen LogP contribution in [0.15, 0.2) is 0 Å². The minimum atomic E-state index is 0. The summed E-state index contributed by atoms with van der Waals surface area (Å²) >= 11 is 0. The Hall–Kier alpha value is -0.0800. The van der Waals surface area contributed by atoms with Crippen molar-refractivity contribution in [3.8, 4) is 0 Å². The van der Waals surface area contributed by atoms with E-state index in [1.165, 1.54) is 69.1 Å². The molecular formula is C15H37NO. The molecule has 0 aromatic heterocycles. The summed E-state index contributed by atoms with van der Waals surface area (Å²) in [6.07, 6.45) is 14.4. The van der Waals surface area contributed by atoms with E-state index in [1.54, 1.807) is 0 Å². The normalized spacial score (nSPS) is 9.53. The van der Waals surface area contributed by atoms with E-state index in [0.717, 1.165) is 0 Å². The van der Waals surface area contributed by atoms with Gasteiger partial charge in [0.1, 0.15) is 0 Å². The molecule has 0 unspecified atom stereocenters. The van der Waals surface area contributed by atoms with Crippen LogP contribution in [0.2, 0.25) is 0 Å². The molecule has 108 valence electrons. The number of unbranched alkanes of at least 4 members (excludes halogenated alkanes) is 9. The molecule has 2 heteroatoms. The van der Waals surface area contributed by atoms with E-state index in [2.05, 4.69) is 35.0 Å². The van der Waals surface area contributed by atoms with Gasteiger partial charge in [-0.25, -0.2) is 0 Å². The Bertz CT molecular complexity index is 92.3. The summed E-state index contributed by atoms with van der Waals surface area (Å²) in [5.41, 5.74) is 0. The first kappa shape index (κ1) is 22.1. The second-order valence-corrected chi connectivity index (χ2v) is 5.33. The second-order valence-electron chi connectivity index (χ2n) is 5.33. The fraction of sp³-hybridized carbons (Fsp3) is 1.00. The highest BCUT2D eigenvalue weighted by Crippen LogP contribution is 2.09. The van der Waals surface area contributed by atoms with Crippen LogP contribution in [0.3, 0.4) is 0 Å². The Morgan fingerprint density at radius 3 is 0.882 bits per heavy atom. The summed E-state index contributed by atoms with van der Waals surface area (Å²) < 4.78 is 0. The summed E-state index contributed by atoms with van der Waals surface area (Å²) in [5.74, 6) is 0. The SMILES string of the molecule is CCCCCCCCCCCC.C[NH+](C)C.[OH-]. The molecule has 0 bridgehead atoms. The third-order valence-corrected chi connectivity index (χ3v) is 2.46. The zero-order chi connectivity index (χ0) is 12.6. The van der Waals surface area contributed by atoms with Crippen LogP contribution in [0, 0.1) is 0 Å². The van der Waals surface area contributed by atoms with Crippen LogP contribution < -0.4 is 4.90 Å². The van der Waals surface area contributed by atoms with Gasteiger partial charge >= 0.3 is 0 Å². The van der Waals surface area contributed by atoms with E-state index in [0.29, 0.717) is 0 Å². The van der Waals surface area contributed by atoms with Gasteiger partial charge in [0.2, 0.25) is 0 Å². The van der Waals surface area contributed by atoms with Crippen molar-refractivity contribution in [1.82, 2.24) is 0 Å². The van der Waals surface area contributed by atoms with Crippen LogP contribution in [-0.4, -0.2) is 26.6 Å². The van der Waals surface area contributed by atoms with Crippen LogP contribution >= 0.6 is 0 Å². The van der Waals surface area contributed by atoms with Crippen LogP contribution in [0.1, 0.15) is 78.1 Å². The molecule has 0 spiro atoms. The van der Waals surface area contributed by atoms with Gasteiger partial charge in [-0.15, -0.1) is 0 Å². The molecule has 0 heterocycles. The van der Waals surface area contributed by atoms with Gasteiger partial charge in [0.15, 0.2) is 0 Å². The van der Waals surface area contributed by atoms with Crippen molar-refractivity contribution in [1.29, 1.82) is 0 Å². The van der Waals surface area contributed by atoms with Crippen LogP contribution in [0.25, 0.3) is 0 Å². The van der Waals surface area contributed by atoms with Gasteiger partial charge in [0.25, 0.3) is 0 Å². The molecule has 0 atom stereocenters. The van der Waals surface area contributed by atoms with E-state index in [-0.39, 0.29) is 5.48 Å². The number of hydrogen-bond donors (Lipinski definition) is 1. The Morgan fingerprint density at radius 2 is 0.706 bits per heavy atom. The standard InChI is InChI=1S/C12H26.C3H9N.H2O/c1-3-5-7-9-11-12-10-8-6-4-2;1-4(2)3;/h3-12H2,1-2H3;1-3H3;1H2. The Kier molecular flexibility index (Phi) is 27.6. The summed E-state index contributed by atoms with van der Waals surface area (Å²) in [5, 5.41) is 0. The number of rotatable bonds is 9. The van der Waals surface area contributed by atoms with Gasteiger partial charge in [-0.2, -0.15) is 0 Å². The molecule has 0 aliphatic rings. The number of hydrogen-bond acceptors (Lipinski definition) is 1. The van der Waals surface area contributed by atoms with Gasteiger partial charge in [-0.1, -0.05) is 78.1 Å². The predicted octanol–water partition coefficient (Wildman–Crippen LogP) is 3.51. The van der Waals surface area contributed by atoms with Crippen molar-refractivity contribution in [2.45, 2.75) is 78.1 Å². The quantitative estimate of drug-likeness (QED) is 0.622.